The number of nitrogens with two attached hydrogens (primary N) is 1. The van der Waals surface area contributed by atoms with Gasteiger partial charge in [-0.3, -0.25) is 4.79 Å². The molecule has 2 N–H and O–H groups in total. The maximum absolute atomic E-state index is 12.6. The van der Waals surface area contributed by atoms with Gasteiger partial charge in [-0.15, -0.1) is 0 Å². The molecule has 18 heavy (non-hydrogen) atoms. The SMILES string of the molecule is CC(C)(C)[C@H](N)C(=O)N1CCCC1C1CCCC1. The maximum Gasteiger partial charge on any atom is 0.240 e. The van der Waals surface area contributed by atoms with Gasteiger partial charge in [-0.2, -0.15) is 0 Å². The highest BCUT2D eigenvalue weighted by atomic mass is 16.2. The van der Waals surface area contributed by atoms with Crippen molar-refractivity contribution in [2.45, 2.75) is 71.4 Å². The van der Waals surface area contributed by atoms with Crippen LogP contribution in [-0.2, 0) is 4.79 Å². The van der Waals surface area contributed by atoms with E-state index in [9.17, 15) is 4.79 Å². The average Bonchev–Trinajstić information content (AvgIpc) is 2.95. The largest absolute Gasteiger partial charge is 0.338 e. The first-order valence-electron chi connectivity index (χ1n) is 7.47. The van der Waals surface area contributed by atoms with E-state index in [0.29, 0.717) is 6.04 Å². The number of amides is 1. The molecule has 1 unspecified atom stereocenters. The third-order valence-corrected chi connectivity index (χ3v) is 4.73. The molecule has 1 heterocycles. The molecule has 3 heteroatoms. The van der Waals surface area contributed by atoms with Crippen LogP contribution in [0.1, 0.15) is 59.3 Å². The molecule has 0 radical (unpaired) electrons. The fourth-order valence-corrected chi connectivity index (χ4v) is 3.45. The molecule has 2 atom stereocenters. The molecule has 0 aromatic carbocycles. The molecular formula is C15H28N2O. The fraction of sp³-hybridized carbons (Fsp3) is 0.933. The van der Waals surface area contributed by atoms with E-state index >= 15 is 0 Å². The van der Waals surface area contributed by atoms with Gasteiger partial charge in [-0.1, -0.05) is 33.6 Å². The van der Waals surface area contributed by atoms with Gasteiger partial charge in [0.1, 0.15) is 0 Å². The lowest BCUT2D eigenvalue weighted by atomic mass is 9.86. The van der Waals surface area contributed by atoms with E-state index in [0.717, 1.165) is 18.9 Å². The Labute approximate surface area is 111 Å². The normalized spacial score (nSPS) is 27.8. The smallest absolute Gasteiger partial charge is 0.240 e. The minimum Gasteiger partial charge on any atom is -0.338 e. The summed E-state index contributed by atoms with van der Waals surface area (Å²) in [6, 6.07) is 0.118. The topological polar surface area (TPSA) is 46.3 Å². The van der Waals surface area contributed by atoms with Crippen molar-refractivity contribution in [3.63, 3.8) is 0 Å². The molecule has 1 aliphatic carbocycles. The third kappa shape index (κ3) is 2.71. The zero-order chi connectivity index (χ0) is 13.3. The highest BCUT2D eigenvalue weighted by Gasteiger charge is 2.39. The Morgan fingerprint density at radius 2 is 1.78 bits per heavy atom. The lowest BCUT2D eigenvalue weighted by molar-refractivity contribution is -0.136. The number of likely N-dealkylation sites (tertiary alicyclic amines) is 1. The van der Waals surface area contributed by atoms with E-state index in [4.69, 9.17) is 5.73 Å². The molecule has 3 nitrogen and oxygen atoms in total. The second-order valence-corrected chi connectivity index (χ2v) is 7.13. The fourth-order valence-electron chi connectivity index (χ4n) is 3.45. The van der Waals surface area contributed by atoms with Gasteiger partial charge in [-0.25, -0.2) is 0 Å². The van der Waals surface area contributed by atoms with Crippen molar-refractivity contribution < 1.29 is 4.79 Å². The quantitative estimate of drug-likeness (QED) is 0.821. The van der Waals surface area contributed by atoms with E-state index in [1.54, 1.807) is 0 Å². The number of carbonyl (C=O) groups excluding carboxylic acids is 1. The Kier molecular flexibility index (Phi) is 4.00. The zero-order valence-corrected chi connectivity index (χ0v) is 12.1. The Morgan fingerprint density at radius 3 is 2.33 bits per heavy atom. The minimum absolute atomic E-state index is 0.139. The van der Waals surface area contributed by atoms with Gasteiger partial charge in [0.15, 0.2) is 0 Å². The van der Waals surface area contributed by atoms with Crippen LogP contribution in [0.2, 0.25) is 0 Å². The summed E-state index contributed by atoms with van der Waals surface area (Å²) in [6.07, 6.45) is 7.64. The molecule has 1 aliphatic heterocycles. The van der Waals surface area contributed by atoms with Gasteiger partial charge in [0, 0.05) is 12.6 Å². The molecule has 104 valence electrons. The van der Waals surface area contributed by atoms with Gasteiger partial charge < -0.3 is 10.6 Å². The molecule has 1 amide bonds. The zero-order valence-electron chi connectivity index (χ0n) is 12.1. The van der Waals surface area contributed by atoms with Crippen molar-refractivity contribution >= 4 is 5.91 Å². The maximum atomic E-state index is 12.6. The predicted molar refractivity (Wildman–Crippen MR) is 74.1 cm³/mol. The Balaban J connectivity index is 2.04. The van der Waals surface area contributed by atoms with Crippen LogP contribution in [0.25, 0.3) is 0 Å². The first-order chi connectivity index (χ1) is 8.41. The molecule has 0 spiro atoms. The van der Waals surface area contributed by atoms with E-state index in [1.807, 2.05) is 0 Å². The molecule has 0 bridgehead atoms. The van der Waals surface area contributed by atoms with Crippen LogP contribution in [0.5, 0.6) is 0 Å². The lowest BCUT2D eigenvalue weighted by Crippen LogP contribution is -2.52. The van der Waals surface area contributed by atoms with Gasteiger partial charge in [-0.05, 0) is 37.0 Å². The van der Waals surface area contributed by atoms with Crippen molar-refractivity contribution in [3.05, 3.63) is 0 Å². The van der Waals surface area contributed by atoms with Crippen LogP contribution in [0.15, 0.2) is 0 Å². The van der Waals surface area contributed by atoms with Crippen molar-refractivity contribution in [2.75, 3.05) is 6.54 Å². The highest BCUT2D eigenvalue weighted by Crippen LogP contribution is 2.36. The Morgan fingerprint density at radius 1 is 1.17 bits per heavy atom. The van der Waals surface area contributed by atoms with E-state index in [1.165, 1.54) is 32.1 Å². The van der Waals surface area contributed by atoms with Crippen molar-refractivity contribution in [1.29, 1.82) is 0 Å². The van der Waals surface area contributed by atoms with Gasteiger partial charge >= 0.3 is 0 Å². The van der Waals surface area contributed by atoms with Crippen LogP contribution in [0.4, 0.5) is 0 Å². The van der Waals surface area contributed by atoms with Gasteiger partial charge in [0.05, 0.1) is 6.04 Å². The second kappa shape index (κ2) is 5.20. The van der Waals surface area contributed by atoms with Crippen LogP contribution >= 0.6 is 0 Å². The third-order valence-electron chi connectivity index (χ3n) is 4.73. The number of carbonyl (C=O) groups is 1. The summed E-state index contributed by atoms with van der Waals surface area (Å²) < 4.78 is 0. The van der Waals surface area contributed by atoms with E-state index in [-0.39, 0.29) is 17.4 Å². The van der Waals surface area contributed by atoms with Crippen LogP contribution in [-0.4, -0.2) is 29.4 Å². The Hall–Kier alpha value is -0.570. The summed E-state index contributed by atoms with van der Waals surface area (Å²) >= 11 is 0. The number of hydrogen-bond acceptors (Lipinski definition) is 2. The van der Waals surface area contributed by atoms with Gasteiger partial charge in [0.25, 0.3) is 0 Å². The molecule has 0 aromatic rings. The number of hydrogen-bond donors (Lipinski definition) is 1. The molecule has 2 aliphatic rings. The summed E-state index contributed by atoms with van der Waals surface area (Å²) in [4.78, 5) is 14.7. The summed E-state index contributed by atoms with van der Waals surface area (Å²) in [5, 5.41) is 0. The molecule has 2 rings (SSSR count). The molecule has 2 fully saturated rings. The summed E-state index contributed by atoms with van der Waals surface area (Å²) in [6.45, 7) is 7.08. The molecular weight excluding hydrogens is 224 g/mol. The van der Waals surface area contributed by atoms with Crippen molar-refractivity contribution in [1.82, 2.24) is 4.90 Å². The van der Waals surface area contributed by atoms with Crippen LogP contribution < -0.4 is 5.73 Å². The molecule has 1 saturated carbocycles. The lowest BCUT2D eigenvalue weighted by Gasteiger charge is -2.35. The predicted octanol–water partition coefficient (Wildman–Crippen LogP) is 2.54. The summed E-state index contributed by atoms with van der Waals surface area (Å²) in [7, 11) is 0. The van der Waals surface area contributed by atoms with Crippen LogP contribution in [0.3, 0.4) is 0 Å². The molecule has 0 aromatic heterocycles. The van der Waals surface area contributed by atoms with Crippen molar-refractivity contribution in [3.8, 4) is 0 Å². The average molecular weight is 252 g/mol. The monoisotopic (exact) mass is 252 g/mol. The van der Waals surface area contributed by atoms with E-state index < -0.39 is 0 Å². The summed E-state index contributed by atoms with van der Waals surface area (Å²) in [5.74, 6) is 0.917. The number of nitrogens with zero attached hydrogens (tertiary/aromatic N) is 1. The molecule has 1 saturated heterocycles. The first-order valence-corrected chi connectivity index (χ1v) is 7.47. The minimum atomic E-state index is -0.362. The van der Waals surface area contributed by atoms with Crippen molar-refractivity contribution in [2.24, 2.45) is 17.1 Å². The second-order valence-electron chi connectivity index (χ2n) is 7.13. The Bertz CT molecular complexity index is 302. The number of rotatable bonds is 2. The van der Waals surface area contributed by atoms with Crippen LogP contribution in [0, 0.1) is 11.3 Å². The highest BCUT2D eigenvalue weighted by molar-refractivity contribution is 5.83. The summed E-state index contributed by atoms with van der Waals surface area (Å²) in [5.41, 5.74) is 6.00. The van der Waals surface area contributed by atoms with Gasteiger partial charge in [0.2, 0.25) is 5.91 Å². The first kappa shape index (κ1) is 13.9. The van der Waals surface area contributed by atoms with E-state index in [2.05, 4.69) is 25.7 Å². The standard InChI is InChI=1S/C15H28N2O/c1-15(2,3)13(16)14(18)17-10-6-9-12(17)11-7-4-5-8-11/h11-13H,4-10,16H2,1-3H3/t12?,13-/m1/s1.